The van der Waals surface area contributed by atoms with E-state index >= 15 is 0 Å². The highest BCUT2D eigenvalue weighted by atomic mass is 15.2. The fourth-order valence-corrected chi connectivity index (χ4v) is 3.78. The summed E-state index contributed by atoms with van der Waals surface area (Å²) < 4.78 is 2.37. The quantitative estimate of drug-likeness (QED) is 0.732. The highest BCUT2D eigenvalue weighted by Gasteiger charge is 2.22. The molecule has 1 aliphatic heterocycles. The van der Waals surface area contributed by atoms with Crippen molar-refractivity contribution in [3.8, 4) is 0 Å². The number of imidazole rings is 1. The van der Waals surface area contributed by atoms with Crippen LogP contribution in [0.2, 0.25) is 0 Å². The lowest BCUT2D eigenvalue weighted by atomic mass is 10.0. The number of fused-ring (bicyclic) bond motifs is 1. The van der Waals surface area contributed by atoms with Gasteiger partial charge in [0.2, 0.25) is 0 Å². The molecule has 0 amide bonds. The number of hydrogen-bond acceptors (Lipinski definition) is 3. The van der Waals surface area contributed by atoms with Crippen molar-refractivity contribution in [1.29, 1.82) is 0 Å². The molecule has 4 rings (SSSR count). The van der Waals surface area contributed by atoms with E-state index in [0.29, 0.717) is 6.04 Å². The molecule has 0 spiro atoms. The van der Waals surface area contributed by atoms with Crippen molar-refractivity contribution < 1.29 is 0 Å². The molecular formula is C20H24N4. The van der Waals surface area contributed by atoms with Crippen LogP contribution in [0.4, 0.5) is 0 Å². The second-order valence-corrected chi connectivity index (χ2v) is 6.63. The summed E-state index contributed by atoms with van der Waals surface area (Å²) >= 11 is 0. The third-order valence-electron chi connectivity index (χ3n) is 4.98. The number of piperidine rings is 1. The average Bonchev–Trinajstić information content (AvgIpc) is 3.11. The summed E-state index contributed by atoms with van der Waals surface area (Å²) in [5.41, 5.74) is 2.25. The maximum Gasteiger partial charge on any atom is 0.108 e. The minimum atomic E-state index is 0.539. The van der Waals surface area contributed by atoms with Gasteiger partial charge in [-0.25, -0.2) is 4.98 Å². The Balaban J connectivity index is 1.49. The Morgan fingerprint density at radius 1 is 1.17 bits per heavy atom. The Morgan fingerprint density at radius 2 is 2.08 bits per heavy atom. The van der Waals surface area contributed by atoms with E-state index in [1.807, 2.05) is 6.20 Å². The standard InChI is InChI=1S/C20H24N4/c1-2-20-21-11-13-24(20)18-7-5-12-23(15-18)14-17-10-9-16-6-3-4-8-19(16)22-17/h3-4,6,8-11,13,18H,2,5,7,12,14-15H2,1H3/t18-/m1/s1. The maximum atomic E-state index is 4.83. The molecule has 4 nitrogen and oxygen atoms in total. The molecule has 3 aromatic rings. The van der Waals surface area contributed by atoms with Crippen molar-refractivity contribution >= 4 is 10.9 Å². The lowest BCUT2D eigenvalue weighted by Crippen LogP contribution is -2.36. The molecule has 1 aliphatic rings. The Hall–Kier alpha value is -2.20. The summed E-state index contributed by atoms with van der Waals surface area (Å²) in [6.45, 7) is 5.34. The summed E-state index contributed by atoms with van der Waals surface area (Å²) in [4.78, 5) is 11.8. The van der Waals surface area contributed by atoms with Gasteiger partial charge in [0.15, 0.2) is 0 Å². The number of benzene rings is 1. The van der Waals surface area contributed by atoms with Crippen molar-refractivity contribution in [2.45, 2.75) is 38.8 Å². The van der Waals surface area contributed by atoms with Crippen LogP contribution in [0.1, 0.15) is 37.3 Å². The first-order valence-electron chi connectivity index (χ1n) is 8.92. The lowest BCUT2D eigenvalue weighted by Gasteiger charge is -2.33. The summed E-state index contributed by atoms with van der Waals surface area (Å²) in [6, 6.07) is 13.2. The van der Waals surface area contributed by atoms with Crippen molar-refractivity contribution in [3.05, 3.63) is 60.3 Å². The first kappa shape index (κ1) is 15.3. The van der Waals surface area contributed by atoms with Gasteiger partial charge < -0.3 is 4.57 Å². The van der Waals surface area contributed by atoms with Gasteiger partial charge in [0.1, 0.15) is 5.82 Å². The number of aryl methyl sites for hydroxylation is 1. The second-order valence-electron chi connectivity index (χ2n) is 6.63. The number of rotatable bonds is 4. The zero-order chi connectivity index (χ0) is 16.4. The van der Waals surface area contributed by atoms with E-state index in [-0.39, 0.29) is 0 Å². The van der Waals surface area contributed by atoms with E-state index < -0.39 is 0 Å². The molecule has 0 unspecified atom stereocenters. The maximum absolute atomic E-state index is 4.83. The van der Waals surface area contributed by atoms with E-state index in [9.17, 15) is 0 Å². The molecule has 3 heterocycles. The second kappa shape index (κ2) is 6.73. The van der Waals surface area contributed by atoms with Gasteiger partial charge in [0.05, 0.1) is 11.2 Å². The molecule has 1 saturated heterocycles. The molecule has 2 aromatic heterocycles. The summed E-state index contributed by atoms with van der Waals surface area (Å²) in [7, 11) is 0. The van der Waals surface area contributed by atoms with E-state index in [1.54, 1.807) is 0 Å². The van der Waals surface area contributed by atoms with E-state index in [2.05, 4.69) is 64.0 Å². The molecule has 0 N–H and O–H groups in total. The molecule has 0 saturated carbocycles. The number of para-hydroxylation sites is 1. The topological polar surface area (TPSA) is 34.0 Å². The van der Waals surface area contributed by atoms with Crippen LogP contribution in [0.5, 0.6) is 0 Å². The largest absolute Gasteiger partial charge is 0.331 e. The molecule has 0 bridgehead atoms. The first-order chi connectivity index (χ1) is 11.8. The zero-order valence-corrected chi connectivity index (χ0v) is 14.2. The van der Waals surface area contributed by atoms with Gasteiger partial charge in [-0.05, 0) is 31.5 Å². The van der Waals surface area contributed by atoms with Gasteiger partial charge in [-0.1, -0.05) is 31.2 Å². The Kier molecular flexibility index (Phi) is 4.30. The van der Waals surface area contributed by atoms with Crippen LogP contribution < -0.4 is 0 Å². The van der Waals surface area contributed by atoms with E-state index in [4.69, 9.17) is 4.98 Å². The monoisotopic (exact) mass is 320 g/mol. The van der Waals surface area contributed by atoms with Crippen molar-refractivity contribution in [2.75, 3.05) is 13.1 Å². The highest BCUT2D eigenvalue weighted by Crippen LogP contribution is 2.24. The third-order valence-corrected chi connectivity index (χ3v) is 4.98. The number of nitrogens with zero attached hydrogens (tertiary/aromatic N) is 4. The van der Waals surface area contributed by atoms with Gasteiger partial charge in [-0.2, -0.15) is 0 Å². The number of likely N-dealkylation sites (tertiary alicyclic amines) is 1. The lowest BCUT2D eigenvalue weighted by molar-refractivity contribution is 0.167. The average molecular weight is 320 g/mol. The van der Waals surface area contributed by atoms with Crippen LogP contribution in [0.15, 0.2) is 48.8 Å². The van der Waals surface area contributed by atoms with Crippen molar-refractivity contribution in [1.82, 2.24) is 19.4 Å². The molecule has 0 aliphatic carbocycles. The smallest absolute Gasteiger partial charge is 0.108 e. The molecule has 1 aromatic carbocycles. The van der Waals surface area contributed by atoms with E-state index in [0.717, 1.165) is 37.3 Å². The van der Waals surface area contributed by atoms with Gasteiger partial charge in [0, 0.05) is 43.3 Å². The molecule has 1 fully saturated rings. The SMILES string of the molecule is CCc1nccn1[C@@H]1CCCN(Cc2ccc3ccccc3n2)C1. The summed E-state index contributed by atoms with van der Waals surface area (Å²) in [5, 5.41) is 1.21. The molecule has 124 valence electrons. The van der Waals surface area contributed by atoms with Crippen LogP contribution in [-0.2, 0) is 13.0 Å². The fraction of sp³-hybridized carbons (Fsp3) is 0.400. The minimum Gasteiger partial charge on any atom is -0.331 e. The molecule has 0 radical (unpaired) electrons. The van der Waals surface area contributed by atoms with E-state index in [1.165, 1.54) is 24.1 Å². The third kappa shape index (κ3) is 3.06. The van der Waals surface area contributed by atoms with Crippen molar-refractivity contribution in [3.63, 3.8) is 0 Å². The molecular weight excluding hydrogens is 296 g/mol. The Labute approximate surface area is 143 Å². The normalized spacial score (nSPS) is 19.0. The molecule has 1 atom stereocenters. The van der Waals surface area contributed by atoms with Gasteiger partial charge >= 0.3 is 0 Å². The summed E-state index contributed by atoms with van der Waals surface area (Å²) in [5.74, 6) is 1.20. The zero-order valence-electron chi connectivity index (χ0n) is 14.2. The predicted molar refractivity (Wildman–Crippen MR) is 96.9 cm³/mol. The molecule has 24 heavy (non-hydrogen) atoms. The van der Waals surface area contributed by atoms with Gasteiger partial charge in [-0.3, -0.25) is 9.88 Å². The number of aromatic nitrogens is 3. The van der Waals surface area contributed by atoms with Crippen LogP contribution in [0, 0.1) is 0 Å². The van der Waals surface area contributed by atoms with Crippen molar-refractivity contribution in [2.24, 2.45) is 0 Å². The Morgan fingerprint density at radius 3 is 3.00 bits per heavy atom. The minimum absolute atomic E-state index is 0.539. The highest BCUT2D eigenvalue weighted by molar-refractivity contribution is 5.78. The Bertz CT molecular complexity index is 823. The van der Waals surface area contributed by atoms with Crippen LogP contribution >= 0.6 is 0 Å². The molecule has 4 heteroatoms. The predicted octanol–water partition coefficient (Wildman–Crippen LogP) is 3.83. The van der Waals surface area contributed by atoms with Gasteiger partial charge in [-0.15, -0.1) is 0 Å². The van der Waals surface area contributed by atoms with Crippen LogP contribution in [0.25, 0.3) is 10.9 Å². The first-order valence-corrected chi connectivity index (χ1v) is 8.92. The summed E-state index contributed by atoms with van der Waals surface area (Å²) in [6.07, 6.45) is 7.55. The number of hydrogen-bond donors (Lipinski definition) is 0. The number of pyridine rings is 1. The van der Waals surface area contributed by atoms with Gasteiger partial charge in [0.25, 0.3) is 0 Å². The van der Waals surface area contributed by atoms with Crippen LogP contribution in [0.3, 0.4) is 0 Å². The van der Waals surface area contributed by atoms with Crippen LogP contribution in [-0.4, -0.2) is 32.5 Å². The fourth-order valence-electron chi connectivity index (χ4n) is 3.78.